The highest BCUT2D eigenvalue weighted by Crippen LogP contribution is 2.42. The highest BCUT2D eigenvalue weighted by molar-refractivity contribution is 5.96. The van der Waals surface area contributed by atoms with Crippen LogP contribution in [0.3, 0.4) is 0 Å². The van der Waals surface area contributed by atoms with Crippen molar-refractivity contribution in [2.45, 2.75) is 25.3 Å². The Bertz CT molecular complexity index is 830. The molecule has 2 N–H and O–H groups in total. The highest BCUT2D eigenvalue weighted by Gasteiger charge is 2.49. The first kappa shape index (κ1) is 16.6. The second kappa shape index (κ2) is 6.48. The number of methoxy groups -OCH3 is 1. The number of rotatable bonds is 4. The summed E-state index contributed by atoms with van der Waals surface area (Å²) < 4.78 is 5.14. The van der Waals surface area contributed by atoms with Gasteiger partial charge in [-0.25, -0.2) is 4.79 Å². The summed E-state index contributed by atoms with van der Waals surface area (Å²) in [4.78, 5) is 26.2. The van der Waals surface area contributed by atoms with Gasteiger partial charge >= 0.3 is 5.97 Å². The van der Waals surface area contributed by atoms with Crippen molar-refractivity contribution in [3.05, 3.63) is 36.0 Å². The van der Waals surface area contributed by atoms with Crippen LogP contribution in [-0.4, -0.2) is 51.8 Å². The van der Waals surface area contributed by atoms with Crippen molar-refractivity contribution in [1.82, 2.24) is 15.1 Å². The van der Waals surface area contributed by atoms with Gasteiger partial charge in [-0.1, -0.05) is 6.42 Å². The van der Waals surface area contributed by atoms with E-state index in [1.165, 1.54) is 4.90 Å². The number of carboxylic acids is 1. The van der Waals surface area contributed by atoms with E-state index in [0.717, 1.165) is 30.6 Å². The number of hydrogen-bond donors (Lipinski definition) is 2. The molecule has 0 bridgehead atoms. The molecule has 2 fully saturated rings. The van der Waals surface area contributed by atoms with Crippen molar-refractivity contribution < 1.29 is 19.4 Å². The van der Waals surface area contributed by atoms with Crippen LogP contribution in [0.25, 0.3) is 11.3 Å². The third-order valence-corrected chi connectivity index (χ3v) is 5.60. The Hall–Kier alpha value is -2.83. The van der Waals surface area contributed by atoms with E-state index in [1.807, 2.05) is 24.3 Å². The lowest BCUT2D eigenvalue weighted by molar-refractivity contribution is -0.142. The minimum Gasteiger partial charge on any atom is -0.497 e. The summed E-state index contributed by atoms with van der Waals surface area (Å²) in [5.41, 5.74) is 1.82. The maximum Gasteiger partial charge on any atom is 0.326 e. The number of aliphatic carboxylic acids is 1. The fraction of sp³-hybridized carbons (Fsp3) is 0.421. The van der Waals surface area contributed by atoms with Gasteiger partial charge in [0.15, 0.2) is 0 Å². The topological polar surface area (TPSA) is 95.5 Å². The van der Waals surface area contributed by atoms with Gasteiger partial charge in [-0.15, -0.1) is 0 Å². The van der Waals surface area contributed by atoms with E-state index in [0.29, 0.717) is 23.9 Å². The maximum absolute atomic E-state index is 12.9. The smallest absolute Gasteiger partial charge is 0.326 e. The molecule has 1 aromatic heterocycles. The third-order valence-electron chi connectivity index (χ3n) is 5.60. The van der Waals surface area contributed by atoms with Gasteiger partial charge in [-0.05, 0) is 55.0 Å². The fourth-order valence-electron chi connectivity index (χ4n) is 4.33. The van der Waals surface area contributed by atoms with E-state index in [-0.39, 0.29) is 11.8 Å². The average Bonchev–Trinajstić information content (AvgIpc) is 3.36. The second-order valence-corrected chi connectivity index (χ2v) is 6.99. The molecule has 7 nitrogen and oxygen atoms in total. The van der Waals surface area contributed by atoms with Crippen LogP contribution in [0.1, 0.15) is 29.8 Å². The molecule has 1 aliphatic carbocycles. The number of fused-ring (bicyclic) bond motifs is 1. The van der Waals surface area contributed by atoms with Crippen LogP contribution in [0, 0.1) is 11.8 Å². The van der Waals surface area contributed by atoms with E-state index in [1.54, 1.807) is 13.2 Å². The number of aromatic nitrogens is 2. The molecule has 1 aliphatic heterocycles. The van der Waals surface area contributed by atoms with E-state index < -0.39 is 12.0 Å². The average molecular weight is 355 g/mol. The van der Waals surface area contributed by atoms with Gasteiger partial charge in [0.2, 0.25) is 0 Å². The number of ether oxygens (including phenoxy) is 1. The molecule has 3 atom stereocenters. The van der Waals surface area contributed by atoms with Gasteiger partial charge < -0.3 is 14.7 Å². The largest absolute Gasteiger partial charge is 0.497 e. The van der Waals surface area contributed by atoms with Crippen LogP contribution < -0.4 is 4.74 Å². The van der Waals surface area contributed by atoms with E-state index in [9.17, 15) is 14.7 Å². The van der Waals surface area contributed by atoms with Gasteiger partial charge in [-0.2, -0.15) is 5.10 Å². The van der Waals surface area contributed by atoms with Crippen LogP contribution in [0.15, 0.2) is 30.3 Å². The molecule has 4 rings (SSSR count). The van der Waals surface area contributed by atoms with Gasteiger partial charge in [0.1, 0.15) is 17.5 Å². The Labute approximate surface area is 151 Å². The molecular formula is C19H21N3O4. The Morgan fingerprint density at radius 1 is 1.27 bits per heavy atom. The number of carboxylic acid groups (broad SMARTS) is 1. The zero-order chi connectivity index (χ0) is 18.3. The van der Waals surface area contributed by atoms with Gasteiger partial charge in [-0.3, -0.25) is 9.89 Å². The van der Waals surface area contributed by atoms with Crippen LogP contribution in [0.4, 0.5) is 0 Å². The van der Waals surface area contributed by atoms with Crippen molar-refractivity contribution in [3.8, 4) is 17.0 Å². The maximum atomic E-state index is 12.9. The second-order valence-electron chi connectivity index (χ2n) is 6.99. The summed E-state index contributed by atoms with van der Waals surface area (Å²) in [5.74, 6) is -0.0975. The first-order chi connectivity index (χ1) is 12.6. The summed E-state index contributed by atoms with van der Waals surface area (Å²) in [5, 5.41) is 16.6. The molecule has 1 saturated carbocycles. The standard InChI is InChI=1S/C19H21N3O4/c1-26-13-7-5-11(6-8-13)15-9-16(21-20-15)18(23)22-10-12-3-2-4-14(12)17(22)19(24)25/h5-9,12,14,17H,2-4,10H2,1H3,(H,20,21)(H,24,25). The Kier molecular flexibility index (Phi) is 4.14. The number of benzene rings is 1. The first-order valence-corrected chi connectivity index (χ1v) is 8.82. The number of carbonyl (C=O) groups is 2. The van der Waals surface area contributed by atoms with Crippen molar-refractivity contribution in [2.24, 2.45) is 11.8 Å². The zero-order valence-corrected chi connectivity index (χ0v) is 14.5. The van der Waals surface area contributed by atoms with Crippen molar-refractivity contribution in [1.29, 1.82) is 0 Å². The summed E-state index contributed by atoms with van der Waals surface area (Å²) in [7, 11) is 1.60. The van der Waals surface area contributed by atoms with Crippen LogP contribution in [-0.2, 0) is 4.79 Å². The number of amides is 1. The molecule has 1 aromatic carbocycles. The number of hydrogen-bond acceptors (Lipinski definition) is 4. The van der Waals surface area contributed by atoms with Gasteiger partial charge in [0.25, 0.3) is 5.91 Å². The minimum absolute atomic E-state index is 0.0698. The molecule has 2 aromatic rings. The number of nitrogens with one attached hydrogen (secondary N) is 1. The van der Waals surface area contributed by atoms with Crippen LogP contribution in [0.5, 0.6) is 5.75 Å². The summed E-state index contributed by atoms with van der Waals surface area (Å²) in [6.45, 7) is 0.511. The van der Waals surface area contributed by atoms with Crippen molar-refractivity contribution in [3.63, 3.8) is 0 Å². The Balaban J connectivity index is 1.57. The van der Waals surface area contributed by atoms with E-state index in [4.69, 9.17) is 4.74 Å². The van der Waals surface area contributed by atoms with E-state index >= 15 is 0 Å². The highest BCUT2D eigenvalue weighted by atomic mass is 16.5. The van der Waals surface area contributed by atoms with Crippen molar-refractivity contribution >= 4 is 11.9 Å². The molecule has 1 amide bonds. The quantitative estimate of drug-likeness (QED) is 0.878. The van der Waals surface area contributed by atoms with Crippen LogP contribution in [0.2, 0.25) is 0 Å². The lowest BCUT2D eigenvalue weighted by Gasteiger charge is -2.23. The zero-order valence-electron chi connectivity index (χ0n) is 14.5. The molecule has 0 radical (unpaired) electrons. The monoisotopic (exact) mass is 355 g/mol. The number of nitrogens with zero attached hydrogens (tertiary/aromatic N) is 2. The Morgan fingerprint density at radius 3 is 2.73 bits per heavy atom. The molecule has 0 spiro atoms. The normalized spacial score (nSPS) is 24.5. The lowest BCUT2D eigenvalue weighted by Crippen LogP contribution is -2.43. The molecule has 2 heterocycles. The molecule has 1 saturated heterocycles. The predicted octanol–water partition coefficient (Wildman–Crippen LogP) is 2.41. The van der Waals surface area contributed by atoms with Crippen molar-refractivity contribution in [2.75, 3.05) is 13.7 Å². The molecule has 2 aliphatic rings. The Morgan fingerprint density at radius 2 is 2.04 bits per heavy atom. The summed E-state index contributed by atoms with van der Waals surface area (Å²) in [6, 6.07) is 8.33. The number of H-pyrrole nitrogens is 1. The molecule has 7 heteroatoms. The van der Waals surface area contributed by atoms with Gasteiger partial charge in [0, 0.05) is 12.1 Å². The number of carbonyl (C=O) groups excluding carboxylic acids is 1. The van der Waals surface area contributed by atoms with Crippen LogP contribution >= 0.6 is 0 Å². The van der Waals surface area contributed by atoms with E-state index in [2.05, 4.69) is 10.2 Å². The fourth-order valence-corrected chi connectivity index (χ4v) is 4.33. The molecule has 26 heavy (non-hydrogen) atoms. The molecule has 3 unspecified atom stereocenters. The predicted molar refractivity (Wildman–Crippen MR) is 93.9 cm³/mol. The van der Waals surface area contributed by atoms with Gasteiger partial charge in [0.05, 0.1) is 12.8 Å². The molecule has 136 valence electrons. The number of aromatic amines is 1. The number of likely N-dealkylation sites (tertiary alicyclic amines) is 1. The third kappa shape index (κ3) is 2.73. The SMILES string of the molecule is COc1ccc(-c2cc(C(=O)N3CC4CCCC4C3C(=O)O)[nH]n2)cc1. The lowest BCUT2D eigenvalue weighted by atomic mass is 9.94. The first-order valence-electron chi connectivity index (χ1n) is 8.82. The summed E-state index contributed by atoms with van der Waals surface area (Å²) in [6.07, 6.45) is 2.93. The minimum atomic E-state index is -0.914. The summed E-state index contributed by atoms with van der Waals surface area (Å²) >= 11 is 0. The molecular weight excluding hydrogens is 334 g/mol.